The Kier molecular flexibility index (Phi) is 4.19. The number of H-pyrrole nitrogens is 2. The standard InChI is InChI=1S/C15H11N5O6/c21-12-10(13(22)17-5-16-12)9(11-14(23)18-6-19-15(11)24)7-1-3-8(4-2-7)20(25)26/h1-6,9H,(H2,16,17,21,22)(H2,18,19,23,24). The van der Waals surface area contributed by atoms with Gasteiger partial charge in [-0.1, -0.05) is 12.1 Å². The first-order valence-electron chi connectivity index (χ1n) is 7.17. The molecule has 1 aromatic carbocycles. The molecule has 3 rings (SSSR count). The molecule has 0 aliphatic carbocycles. The van der Waals surface area contributed by atoms with Gasteiger partial charge < -0.3 is 20.2 Å². The molecule has 0 saturated carbocycles. The van der Waals surface area contributed by atoms with Gasteiger partial charge in [-0.2, -0.15) is 0 Å². The molecule has 26 heavy (non-hydrogen) atoms. The molecule has 0 saturated heterocycles. The molecule has 2 aromatic heterocycles. The molecule has 0 fully saturated rings. The molecule has 132 valence electrons. The summed E-state index contributed by atoms with van der Waals surface area (Å²) in [7, 11) is 0. The van der Waals surface area contributed by atoms with Crippen LogP contribution in [0.25, 0.3) is 0 Å². The van der Waals surface area contributed by atoms with Crippen molar-refractivity contribution < 1.29 is 15.1 Å². The topological polar surface area (TPSA) is 175 Å². The zero-order chi connectivity index (χ0) is 18.8. The zero-order valence-corrected chi connectivity index (χ0v) is 12.9. The number of nitro benzene ring substituents is 1. The molecule has 0 spiro atoms. The van der Waals surface area contributed by atoms with Gasteiger partial charge >= 0.3 is 0 Å². The van der Waals surface area contributed by atoms with E-state index in [4.69, 9.17) is 0 Å². The van der Waals surface area contributed by atoms with E-state index < -0.39 is 33.7 Å². The Morgan fingerprint density at radius 1 is 0.923 bits per heavy atom. The number of nitro groups is 1. The molecule has 0 aliphatic heterocycles. The van der Waals surface area contributed by atoms with E-state index in [0.717, 1.165) is 12.7 Å². The Bertz CT molecular complexity index is 1030. The highest BCUT2D eigenvalue weighted by molar-refractivity contribution is 5.49. The van der Waals surface area contributed by atoms with Gasteiger partial charge in [-0.15, -0.1) is 0 Å². The molecule has 3 aromatic rings. The molecule has 0 bridgehead atoms. The monoisotopic (exact) mass is 357 g/mol. The van der Waals surface area contributed by atoms with E-state index >= 15 is 0 Å². The summed E-state index contributed by atoms with van der Waals surface area (Å²) in [4.78, 5) is 46.5. The maximum absolute atomic E-state index is 12.2. The number of hydrogen-bond donors (Lipinski definition) is 4. The van der Waals surface area contributed by atoms with Crippen molar-refractivity contribution in [3.63, 3.8) is 0 Å². The number of aromatic nitrogens is 4. The van der Waals surface area contributed by atoms with E-state index in [2.05, 4.69) is 19.9 Å². The molecule has 0 radical (unpaired) electrons. The van der Waals surface area contributed by atoms with Crippen LogP contribution in [-0.4, -0.2) is 35.1 Å². The van der Waals surface area contributed by atoms with Gasteiger partial charge in [-0.3, -0.25) is 19.7 Å². The average molecular weight is 357 g/mol. The summed E-state index contributed by atoms with van der Waals surface area (Å²) in [6.07, 6.45) is 1.95. The summed E-state index contributed by atoms with van der Waals surface area (Å²) in [5.74, 6) is -2.56. The van der Waals surface area contributed by atoms with Crippen molar-refractivity contribution in [2.75, 3.05) is 0 Å². The quantitative estimate of drug-likeness (QED) is 0.382. The molecule has 4 N–H and O–H groups in total. The van der Waals surface area contributed by atoms with E-state index in [-0.39, 0.29) is 22.4 Å². The fourth-order valence-electron chi connectivity index (χ4n) is 2.59. The van der Waals surface area contributed by atoms with Crippen LogP contribution in [-0.2, 0) is 0 Å². The van der Waals surface area contributed by atoms with Crippen molar-refractivity contribution in [3.05, 3.63) is 84.4 Å². The molecule has 11 heteroatoms. The molecule has 0 aliphatic rings. The zero-order valence-electron chi connectivity index (χ0n) is 12.9. The highest BCUT2D eigenvalue weighted by Gasteiger charge is 2.30. The lowest BCUT2D eigenvalue weighted by Gasteiger charge is -2.17. The number of aromatic amines is 2. The Morgan fingerprint density at radius 2 is 1.38 bits per heavy atom. The Balaban J connectivity index is 2.32. The van der Waals surface area contributed by atoms with E-state index in [1.807, 2.05) is 0 Å². The van der Waals surface area contributed by atoms with Crippen LogP contribution in [0.1, 0.15) is 22.6 Å². The third kappa shape index (κ3) is 2.88. The molecule has 11 nitrogen and oxygen atoms in total. The van der Waals surface area contributed by atoms with Gasteiger partial charge in [0.15, 0.2) is 0 Å². The first-order valence-corrected chi connectivity index (χ1v) is 7.17. The third-order valence-corrected chi connectivity index (χ3v) is 3.75. The Morgan fingerprint density at radius 3 is 1.77 bits per heavy atom. The van der Waals surface area contributed by atoms with Crippen molar-refractivity contribution >= 4 is 5.69 Å². The number of aromatic hydroxyl groups is 2. The van der Waals surface area contributed by atoms with Crippen LogP contribution >= 0.6 is 0 Å². The van der Waals surface area contributed by atoms with E-state index in [1.165, 1.54) is 24.3 Å². The van der Waals surface area contributed by atoms with Gasteiger partial charge in [-0.05, 0) is 5.56 Å². The lowest BCUT2D eigenvalue weighted by atomic mass is 9.87. The number of benzene rings is 1. The lowest BCUT2D eigenvalue weighted by Crippen LogP contribution is -2.24. The largest absolute Gasteiger partial charge is 0.493 e. The second-order valence-corrected chi connectivity index (χ2v) is 5.22. The summed E-state index contributed by atoms with van der Waals surface area (Å²) in [6, 6.07) is 4.96. The Hall–Kier alpha value is -4.02. The highest BCUT2D eigenvalue weighted by atomic mass is 16.6. The molecule has 0 atom stereocenters. The predicted molar refractivity (Wildman–Crippen MR) is 87.1 cm³/mol. The van der Waals surface area contributed by atoms with Crippen LogP contribution in [0.2, 0.25) is 0 Å². The van der Waals surface area contributed by atoms with Crippen LogP contribution in [0.4, 0.5) is 5.69 Å². The summed E-state index contributed by atoms with van der Waals surface area (Å²) in [5, 5.41) is 30.9. The van der Waals surface area contributed by atoms with E-state index in [0.29, 0.717) is 0 Å². The summed E-state index contributed by atoms with van der Waals surface area (Å²) < 4.78 is 0. The van der Waals surface area contributed by atoms with Gasteiger partial charge in [0.05, 0.1) is 34.6 Å². The number of rotatable bonds is 4. The fraction of sp³-hybridized carbons (Fsp3) is 0.0667. The fourth-order valence-corrected chi connectivity index (χ4v) is 2.59. The minimum absolute atomic E-state index is 0.207. The predicted octanol–water partition coefficient (Wildman–Crippen LogP) is 0.353. The third-order valence-electron chi connectivity index (χ3n) is 3.75. The van der Waals surface area contributed by atoms with Crippen LogP contribution < -0.4 is 11.1 Å². The minimum Gasteiger partial charge on any atom is -0.493 e. The molecule has 0 amide bonds. The van der Waals surface area contributed by atoms with Crippen LogP contribution in [0.15, 0.2) is 46.5 Å². The van der Waals surface area contributed by atoms with E-state index in [1.54, 1.807) is 0 Å². The normalized spacial score (nSPS) is 10.8. The lowest BCUT2D eigenvalue weighted by molar-refractivity contribution is -0.384. The first kappa shape index (κ1) is 16.8. The smallest absolute Gasteiger partial charge is 0.269 e. The van der Waals surface area contributed by atoms with Gasteiger partial charge in [-0.25, -0.2) is 9.97 Å². The number of hydrogen-bond acceptors (Lipinski definition) is 8. The summed E-state index contributed by atoms with van der Waals surface area (Å²) in [6.45, 7) is 0. The van der Waals surface area contributed by atoms with Crippen molar-refractivity contribution in [2.45, 2.75) is 5.92 Å². The number of nitrogens with zero attached hydrogens (tertiary/aromatic N) is 3. The SMILES string of the molecule is O=c1[nH]cnc(O)c1C(c1ccc([N+](=O)[O-])cc1)c1c(O)nc[nH]c1=O. The van der Waals surface area contributed by atoms with Gasteiger partial charge in [0.25, 0.3) is 16.8 Å². The molecular formula is C15H11N5O6. The van der Waals surface area contributed by atoms with Crippen molar-refractivity contribution in [2.24, 2.45) is 0 Å². The minimum atomic E-state index is -1.26. The van der Waals surface area contributed by atoms with E-state index in [9.17, 15) is 29.9 Å². The molecular weight excluding hydrogens is 346 g/mol. The summed E-state index contributed by atoms with van der Waals surface area (Å²) in [5.41, 5.74) is -2.09. The Labute approximate surface area is 143 Å². The van der Waals surface area contributed by atoms with Crippen LogP contribution in [0.3, 0.4) is 0 Å². The second kappa shape index (κ2) is 6.47. The van der Waals surface area contributed by atoms with Gasteiger partial charge in [0.2, 0.25) is 11.8 Å². The number of non-ortho nitro benzene ring substituents is 1. The maximum Gasteiger partial charge on any atom is 0.269 e. The van der Waals surface area contributed by atoms with Crippen molar-refractivity contribution in [1.29, 1.82) is 0 Å². The molecule has 2 heterocycles. The van der Waals surface area contributed by atoms with Gasteiger partial charge in [0.1, 0.15) is 0 Å². The highest BCUT2D eigenvalue weighted by Crippen LogP contribution is 2.35. The van der Waals surface area contributed by atoms with Gasteiger partial charge in [0, 0.05) is 12.1 Å². The number of nitrogens with one attached hydrogen (secondary N) is 2. The first-order chi connectivity index (χ1) is 12.4. The van der Waals surface area contributed by atoms with Crippen molar-refractivity contribution in [3.8, 4) is 11.8 Å². The van der Waals surface area contributed by atoms with Crippen LogP contribution in [0.5, 0.6) is 11.8 Å². The van der Waals surface area contributed by atoms with Crippen LogP contribution in [0, 0.1) is 10.1 Å². The average Bonchev–Trinajstić information content (AvgIpc) is 2.60. The summed E-state index contributed by atoms with van der Waals surface area (Å²) >= 11 is 0. The maximum atomic E-state index is 12.2. The second-order valence-electron chi connectivity index (χ2n) is 5.22. The van der Waals surface area contributed by atoms with Crippen molar-refractivity contribution in [1.82, 2.24) is 19.9 Å². The molecule has 0 unspecified atom stereocenters.